The molecule has 6 heteroatoms. The van der Waals surface area contributed by atoms with Gasteiger partial charge in [-0.2, -0.15) is 8.42 Å². The molecule has 20 heavy (non-hydrogen) atoms. The standard InChI is InChI=1S/C14H20N2O3S/c1-5-16-9-8-15(4)14(16)19-20(17,18)13-10-11(2)6-7-12(13)3/h6-10,14H,5H2,1-4H3. The number of hydrogen-bond donors (Lipinski definition) is 0. The van der Waals surface area contributed by atoms with E-state index in [0.717, 1.165) is 5.56 Å². The lowest BCUT2D eigenvalue weighted by atomic mass is 10.2. The van der Waals surface area contributed by atoms with Crippen molar-refractivity contribution in [3.8, 4) is 0 Å². The predicted octanol–water partition coefficient (Wildman–Crippen LogP) is 2.03. The van der Waals surface area contributed by atoms with Gasteiger partial charge in [0.1, 0.15) is 0 Å². The van der Waals surface area contributed by atoms with Crippen molar-refractivity contribution in [3.63, 3.8) is 0 Å². The quantitative estimate of drug-likeness (QED) is 0.796. The van der Waals surface area contributed by atoms with Gasteiger partial charge < -0.3 is 9.80 Å². The molecule has 0 saturated carbocycles. The molecule has 1 aliphatic rings. The van der Waals surface area contributed by atoms with Crippen LogP contribution < -0.4 is 0 Å². The van der Waals surface area contributed by atoms with Crippen LogP contribution in [0, 0.1) is 13.8 Å². The van der Waals surface area contributed by atoms with Crippen molar-refractivity contribution < 1.29 is 12.6 Å². The highest BCUT2D eigenvalue weighted by molar-refractivity contribution is 7.86. The Balaban J connectivity index is 2.30. The largest absolute Gasteiger partial charge is 0.336 e. The van der Waals surface area contributed by atoms with Gasteiger partial charge >= 0.3 is 10.1 Å². The minimum Gasteiger partial charge on any atom is -0.336 e. The third-order valence-corrected chi connectivity index (χ3v) is 4.72. The normalized spacial score (nSPS) is 18.9. The lowest BCUT2D eigenvalue weighted by Gasteiger charge is -2.28. The van der Waals surface area contributed by atoms with Gasteiger partial charge in [0.05, 0.1) is 4.90 Å². The fraction of sp³-hybridized carbons (Fsp3) is 0.429. The Morgan fingerprint density at radius 1 is 1.25 bits per heavy atom. The number of rotatable bonds is 4. The van der Waals surface area contributed by atoms with Crippen LogP contribution in [-0.4, -0.2) is 38.2 Å². The fourth-order valence-electron chi connectivity index (χ4n) is 2.10. The van der Waals surface area contributed by atoms with E-state index in [1.165, 1.54) is 0 Å². The molecule has 0 bridgehead atoms. The van der Waals surface area contributed by atoms with Crippen molar-refractivity contribution in [2.24, 2.45) is 0 Å². The zero-order chi connectivity index (χ0) is 14.9. The Morgan fingerprint density at radius 2 is 1.95 bits per heavy atom. The molecule has 1 aromatic carbocycles. The van der Waals surface area contributed by atoms with E-state index in [0.29, 0.717) is 12.1 Å². The molecule has 1 heterocycles. The lowest BCUT2D eigenvalue weighted by Crippen LogP contribution is -2.40. The summed E-state index contributed by atoms with van der Waals surface area (Å²) in [5, 5.41) is 0. The molecular weight excluding hydrogens is 276 g/mol. The van der Waals surface area contributed by atoms with E-state index >= 15 is 0 Å². The van der Waals surface area contributed by atoms with Crippen LogP contribution in [-0.2, 0) is 14.3 Å². The van der Waals surface area contributed by atoms with Gasteiger partial charge in [0.2, 0.25) is 6.35 Å². The maximum atomic E-state index is 12.5. The molecule has 1 aromatic rings. The van der Waals surface area contributed by atoms with Crippen LogP contribution in [0.3, 0.4) is 0 Å². The van der Waals surface area contributed by atoms with Crippen LogP contribution in [0.15, 0.2) is 35.5 Å². The minimum absolute atomic E-state index is 0.230. The summed E-state index contributed by atoms with van der Waals surface area (Å²) in [5.41, 5.74) is 1.58. The average Bonchev–Trinajstić information content (AvgIpc) is 2.73. The van der Waals surface area contributed by atoms with Crippen LogP contribution in [0.4, 0.5) is 0 Å². The van der Waals surface area contributed by atoms with E-state index < -0.39 is 16.5 Å². The molecule has 0 fully saturated rings. The summed E-state index contributed by atoms with van der Waals surface area (Å²) in [6.07, 6.45) is 3.00. The van der Waals surface area contributed by atoms with Crippen molar-refractivity contribution in [2.75, 3.05) is 13.6 Å². The highest BCUT2D eigenvalue weighted by Crippen LogP contribution is 2.24. The van der Waals surface area contributed by atoms with Gasteiger partial charge in [0.25, 0.3) is 0 Å². The fourth-order valence-corrected chi connectivity index (χ4v) is 3.47. The van der Waals surface area contributed by atoms with E-state index in [9.17, 15) is 8.42 Å². The Labute approximate surface area is 120 Å². The van der Waals surface area contributed by atoms with E-state index in [-0.39, 0.29) is 4.90 Å². The van der Waals surface area contributed by atoms with E-state index in [2.05, 4.69) is 0 Å². The van der Waals surface area contributed by atoms with E-state index in [4.69, 9.17) is 4.18 Å². The van der Waals surface area contributed by atoms with Crippen molar-refractivity contribution >= 4 is 10.1 Å². The highest BCUT2D eigenvalue weighted by Gasteiger charge is 2.30. The molecule has 0 spiro atoms. The zero-order valence-electron chi connectivity index (χ0n) is 12.2. The van der Waals surface area contributed by atoms with Gasteiger partial charge in [-0.15, -0.1) is 0 Å². The third-order valence-electron chi connectivity index (χ3n) is 3.32. The first kappa shape index (κ1) is 14.9. The minimum atomic E-state index is -3.80. The number of nitrogens with zero attached hydrogens (tertiary/aromatic N) is 2. The average molecular weight is 296 g/mol. The summed E-state index contributed by atoms with van der Waals surface area (Å²) in [5.74, 6) is 0. The van der Waals surface area contributed by atoms with Crippen LogP contribution in [0.2, 0.25) is 0 Å². The monoisotopic (exact) mass is 296 g/mol. The van der Waals surface area contributed by atoms with Gasteiger partial charge in [-0.25, -0.2) is 4.18 Å². The second-order valence-electron chi connectivity index (χ2n) is 4.94. The van der Waals surface area contributed by atoms with Crippen molar-refractivity contribution in [3.05, 3.63) is 41.7 Å². The predicted molar refractivity (Wildman–Crippen MR) is 77.3 cm³/mol. The second-order valence-corrected chi connectivity index (χ2v) is 6.48. The highest BCUT2D eigenvalue weighted by atomic mass is 32.2. The van der Waals surface area contributed by atoms with Crippen LogP contribution >= 0.6 is 0 Å². The molecular formula is C14H20N2O3S. The third kappa shape index (κ3) is 2.81. The lowest BCUT2D eigenvalue weighted by molar-refractivity contribution is -0.00576. The van der Waals surface area contributed by atoms with E-state index in [1.54, 1.807) is 37.2 Å². The van der Waals surface area contributed by atoms with Gasteiger partial charge in [0, 0.05) is 26.0 Å². The summed E-state index contributed by atoms with van der Waals surface area (Å²) >= 11 is 0. The summed E-state index contributed by atoms with van der Waals surface area (Å²) in [6, 6.07) is 5.32. The second kappa shape index (κ2) is 5.46. The number of aryl methyl sites for hydroxylation is 2. The molecule has 0 radical (unpaired) electrons. The first-order valence-corrected chi connectivity index (χ1v) is 7.92. The van der Waals surface area contributed by atoms with Crippen molar-refractivity contribution in [1.29, 1.82) is 0 Å². The van der Waals surface area contributed by atoms with Crippen molar-refractivity contribution in [2.45, 2.75) is 32.0 Å². The molecule has 0 amide bonds. The van der Waals surface area contributed by atoms with Crippen LogP contribution in [0.5, 0.6) is 0 Å². The SMILES string of the molecule is CCN1C=CN(C)C1OS(=O)(=O)c1cc(C)ccc1C. The topological polar surface area (TPSA) is 49.9 Å². The molecule has 0 N–H and O–H groups in total. The molecule has 5 nitrogen and oxygen atoms in total. The smallest absolute Gasteiger partial charge is 0.300 e. The van der Waals surface area contributed by atoms with Crippen molar-refractivity contribution in [1.82, 2.24) is 9.80 Å². The van der Waals surface area contributed by atoms with Gasteiger partial charge in [-0.3, -0.25) is 0 Å². The molecule has 1 atom stereocenters. The number of benzene rings is 1. The molecule has 1 aliphatic heterocycles. The Hall–Kier alpha value is -1.53. The first-order valence-electron chi connectivity index (χ1n) is 6.51. The first-order chi connectivity index (χ1) is 9.35. The molecule has 0 aliphatic carbocycles. The van der Waals surface area contributed by atoms with E-state index in [1.807, 2.05) is 31.0 Å². The maximum absolute atomic E-state index is 12.5. The Morgan fingerprint density at radius 3 is 2.60 bits per heavy atom. The van der Waals surface area contributed by atoms with Gasteiger partial charge in [-0.05, 0) is 38.0 Å². The van der Waals surface area contributed by atoms with Crippen LogP contribution in [0.25, 0.3) is 0 Å². The summed E-state index contributed by atoms with van der Waals surface area (Å²) < 4.78 is 30.3. The molecule has 0 aromatic heterocycles. The van der Waals surface area contributed by atoms with Crippen LogP contribution in [0.1, 0.15) is 18.1 Å². The molecule has 110 valence electrons. The maximum Gasteiger partial charge on any atom is 0.300 e. The Kier molecular flexibility index (Phi) is 4.06. The van der Waals surface area contributed by atoms with Gasteiger partial charge in [-0.1, -0.05) is 12.1 Å². The Bertz CT molecular complexity index is 625. The van der Waals surface area contributed by atoms with Gasteiger partial charge in [0.15, 0.2) is 0 Å². The summed E-state index contributed by atoms with van der Waals surface area (Å²) in [6.45, 7) is 6.25. The molecule has 2 rings (SSSR count). The summed E-state index contributed by atoms with van der Waals surface area (Å²) in [7, 11) is -2.01. The zero-order valence-corrected chi connectivity index (χ0v) is 13.0. The molecule has 0 saturated heterocycles. The molecule has 1 unspecified atom stereocenters. The number of hydrogen-bond acceptors (Lipinski definition) is 5. The summed E-state index contributed by atoms with van der Waals surface area (Å²) in [4.78, 5) is 3.78.